The molecular formula is C17H23FN6O. The summed E-state index contributed by atoms with van der Waals surface area (Å²) in [5.41, 5.74) is 1.38. The van der Waals surface area contributed by atoms with Crippen molar-refractivity contribution in [1.82, 2.24) is 20.3 Å². The molecule has 7 nitrogen and oxygen atoms in total. The maximum atomic E-state index is 13.6. The molecule has 1 fully saturated rings. The maximum Gasteiger partial charge on any atom is 0.319 e. The smallest absolute Gasteiger partial charge is 0.319 e. The summed E-state index contributed by atoms with van der Waals surface area (Å²) in [7, 11) is 0. The summed E-state index contributed by atoms with van der Waals surface area (Å²) < 4.78 is 15.3. The first kappa shape index (κ1) is 17.2. The molecule has 1 aliphatic heterocycles. The van der Waals surface area contributed by atoms with Crippen molar-refractivity contribution in [2.24, 2.45) is 0 Å². The standard InChI is InChI=1S/C17H23FN6O/c18-14-5-6-16(23-9-2-1-3-10-23)15(13-14)21-17(25)19-7-4-11-24-12-8-20-22-24/h5-6,8,12-13H,1-4,7,9-11H2,(H2,19,21,25). The van der Waals surface area contributed by atoms with Crippen molar-refractivity contribution in [1.29, 1.82) is 0 Å². The van der Waals surface area contributed by atoms with Crippen molar-refractivity contribution in [3.8, 4) is 0 Å². The van der Waals surface area contributed by atoms with Gasteiger partial charge < -0.3 is 15.5 Å². The number of aromatic nitrogens is 3. The molecule has 0 spiro atoms. The van der Waals surface area contributed by atoms with Gasteiger partial charge in [0, 0.05) is 32.4 Å². The number of amides is 2. The molecule has 0 radical (unpaired) electrons. The molecule has 25 heavy (non-hydrogen) atoms. The number of carbonyl (C=O) groups excluding carboxylic acids is 1. The minimum Gasteiger partial charge on any atom is -0.370 e. The fraction of sp³-hybridized carbons (Fsp3) is 0.471. The van der Waals surface area contributed by atoms with Crippen molar-refractivity contribution >= 4 is 17.4 Å². The quantitative estimate of drug-likeness (QED) is 0.789. The second-order valence-corrected chi connectivity index (χ2v) is 6.11. The van der Waals surface area contributed by atoms with Gasteiger partial charge in [-0.1, -0.05) is 5.21 Å². The zero-order valence-corrected chi connectivity index (χ0v) is 14.1. The van der Waals surface area contributed by atoms with Crippen LogP contribution >= 0.6 is 0 Å². The van der Waals surface area contributed by atoms with E-state index < -0.39 is 0 Å². The summed E-state index contributed by atoms with van der Waals surface area (Å²) in [6.45, 7) is 3.04. The molecule has 0 aliphatic carbocycles. The Hall–Kier alpha value is -2.64. The van der Waals surface area contributed by atoms with Crippen LogP contribution in [0.25, 0.3) is 0 Å². The number of hydrogen-bond donors (Lipinski definition) is 2. The predicted molar refractivity (Wildman–Crippen MR) is 94.1 cm³/mol. The fourth-order valence-electron chi connectivity index (χ4n) is 2.98. The third-order valence-electron chi connectivity index (χ3n) is 4.23. The van der Waals surface area contributed by atoms with Crippen LogP contribution in [0.15, 0.2) is 30.6 Å². The highest BCUT2D eigenvalue weighted by Crippen LogP contribution is 2.29. The van der Waals surface area contributed by atoms with Gasteiger partial charge in [-0.2, -0.15) is 0 Å². The van der Waals surface area contributed by atoms with Crippen LogP contribution < -0.4 is 15.5 Å². The number of halogens is 1. The molecule has 2 aromatic rings. The van der Waals surface area contributed by atoms with Crippen molar-refractivity contribution in [3.63, 3.8) is 0 Å². The number of urea groups is 1. The monoisotopic (exact) mass is 346 g/mol. The van der Waals surface area contributed by atoms with Gasteiger partial charge in [0.2, 0.25) is 0 Å². The van der Waals surface area contributed by atoms with Crippen LogP contribution in [0.5, 0.6) is 0 Å². The number of anilines is 2. The Kier molecular flexibility index (Phi) is 5.81. The second kappa shape index (κ2) is 8.46. The van der Waals surface area contributed by atoms with Crippen molar-refractivity contribution in [2.75, 3.05) is 29.9 Å². The topological polar surface area (TPSA) is 75.1 Å². The van der Waals surface area contributed by atoms with Crippen molar-refractivity contribution < 1.29 is 9.18 Å². The Balaban J connectivity index is 1.53. The number of nitrogens with zero attached hydrogens (tertiary/aromatic N) is 4. The van der Waals surface area contributed by atoms with Crippen LogP contribution in [0.2, 0.25) is 0 Å². The van der Waals surface area contributed by atoms with Crippen LogP contribution in [0.4, 0.5) is 20.6 Å². The van der Waals surface area contributed by atoms with Crippen molar-refractivity contribution in [2.45, 2.75) is 32.2 Å². The fourth-order valence-corrected chi connectivity index (χ4v) is 2.98. The van der Waals surface area contributed by atoms with E-state index in [2.05, 4.69) is 25.8 Å². The lowest BCUT2D eigenvalue weighted by Gasteiger charge is -2.30. The molecule has 2 amide bonds. The first-order valence-corrected chi connectivity index (χ1v) is 8.66. The number of rotatable bonds is 6. The first-order chi connectivity index (χ1) is 12.2. The van der Waals surface area contributed by atoms with Gasteiger partial charge in [-0.3, -0.25) is 4.68 Å². The summed E-state index contributed by atoms with van der Waals surface area (Å²) in [6, 6.07) is 4.22. The number of carbonyl (C=O) groups is 1. The maximum absolute atomic E-state index is 13.6. The van der Waals surface area contributed by atoms with Gasteiger partial charge in [0.1, 0.15) is 5.82 Å². The summed E-state index contributed by atoms with van der Waals surface area (Å²) >= 11 is 0. The van der Waals surface area contributed by atoms with E-state index >= 15 is 0 Å². The van der Waals surface area contributed by atoms with E-state index in [0.29, 0.717) is 18.8 Å². The molecule has 1 aromatic heterocycles. The molecule has 2 heterocycles. The number of aryl methyl sites for hydroxylation is 1. The Morgan fingerprint density at radius 3 is 2.84 bits per heavy atom. The molecule has 2 N–H and O–H groups in total. The molecule has 0 bridgehead atoms. The van der Waals surface area contributed by atoms with Crippen molar-refractivity contribution in [3.05, 3.63) is 36.4 Å². The highest BCUT2D eigenvalue weighted by Gasteiger charge is 2.16. The minimum atomic E-state index is -0.359. The van der Waals surface area contributed by atoms with Crippen LogP contribution in [0.1, 0.15) is 25.7 Å². The predicted octanol–water partition coefficient (Wildman–Crippen LogP) is 2.62. The Labute approximate surface area is 146 Å². The molecule has 3 rings (SSSR count). The summed E-state index contributed by atoms with van der Waals surface area (Å²) in [5.74, 6) is -0.359. The van der Waals surface area contributed by atoms with E-state index in [9.17, 15) is 9.18 Å². The normalized spacial score (nSPS) is 14.4. The van der Waals surface area contributed by atoms with Gasteiger partial charge in [-0.25, -0.2) is 9.18 Å². The molecule has 1 aromatic carbocycles. The van der Waals surface area contributed by atoms with Gasteiger partial charge in [0.25, 0.3) is 0 Å². The van der Waals surface area contributed by atoms with Crippen LogP contribution in [0.3, 0.4) is 0 Å². The minimum absolute atomic E-state index is 0.331. The molecule has 8 heteroatoms. The van der Waals surface area contributed by atoms with Gasteiger partial charge in [0.05, 0.1) is 17.6 Å². The number of piperidine rings is 1. The lowest BCUT2D eigenvalue weighted by atomic mass is 10.1. The third kappa shape index (κ3) is 4.91. The number of benzene rings is 1. The zero-order chi connectivity index (χ0) is 17.5. The molecule has 1 saturated heterocycles. The number of nitrogens with one attached hydrogen (secondary N) is 2. The highest BCUT2D eigenvalue weighted by molar-refractivity contribution is 5.93. The van der Waals surface area contributed by atoms with Gasteiger partial charge >= 0.3 is 6.03 Å². The van der Waals surface area contributed by atoms with E-state index in [1.165, 1.54) is 18.6 Å². The zero-order valence-electron chi connectivity index (χ0n) is 14.1. The van der Waals surface area contributed by atoms with E-state index in [-0.39, 0.29) is 11.8 Å². The van der Waals surface area contributed by atoms with Gasteiger partial charge in [-0.05, 0) is 43.9 Å². The van der Waals surface area contributed by atoms with E-state index in [1.807, 2.05) is 0 Å². The van der Waals surface area contributed by atoms with E-state index in [4.69, 9.17) is 0 Å². The lowest BCUT2D eigenvalue weighted by Crippen LogP contribution is -2.33. The van der Waals surface area contributed by atoms with Crippen LogP contribution in [0, 0.1) is 5.82 Å². The van der Waals surface area contributed by atoms with Gasteiger partial charge in [-0.15, -0.1) is 5.10 Å². The summed E-state index contributed by atoms with van der Waals surface area (Å²) in [4.78, 5) is 14.3. The highest BCUT2D eigenvalue weighted by atomic mass is 19.1. The Bertz CT molecular complexity index is 684. The Morgan fingerprint density at radius 1 is 1.24 bits per heavy atom. The summed E-state index contributed by atoms with van der Waals surface area (Å²) in [6.07, 6.45) is 7.58. The SMILES string of the molecule is O=C(NCCCn1ccnn1)Nc1cc(F)ccc1N1CCCCC1. The first-order valence-electron chi connectivity index (χ1n) is 8.66. The molecular weight excluding hydrogens is 323 g/mol. The van der Waals surface area contributed by atoms with Gasteiger partial charge in [0.15, 0.2) is 0 Å². The molecule has 0 saturated carbocycles. The molecule has 134 valence electrons. The number of hydrogen-bond acceptors (Lipinski definition) is 4. The second-order valence-electron chi connectivity index (χ2n) is 6.11. The summed E-state index contributed by atoms with van der Waals surface area (Å²) in [5, 5.41) is 13.2. The average molecular weight is 346 g/mol. The van der Waals surface area contributed by atoms with Crippen LogP contribution in [-0.2, 0) is 6.54 Å². The lowest BCUT2D eigenvalue weighted by molar-refractivity contribution is 0.251. The molecule has 0 atom stereocenters. The molecule has 1 aliphatic rings. The Morgan fingerprint density at radius 2 is 2.08 bits per heavy atom. The largest absolute Gasteiger partial charge is 0.370 e. The molecule has 0 unspecified atom stereocenters. The van der Waals surface area contributed by atoms with E-state index in [1.54, 1.807) is 23.1 Å². The third-order valence-corrected chi connectivity index (χ3v) is 4.23. The van der Waals surface area contributed by atoms with E-state index in [0.717, 1.165) is 38.0 Å². The average Bonchev–Trinajstić information content (AvgIpc) is 3.13. The van der Waals surface area contributed by atoms with Crippen LogP contribution in [-0.4, -0.2) is 40.7 Å².